The van der Waals surface area contributed by atoms with Gasteiger partial charge in [-0.05, 0) is 76.3 Å². The molecule has 0 radical (unpaired) electrons. The highest BCUT2D eigenvalue weighted by Gasteiger charge is 2.38. The van der Waals surface area contributed by atoms with Gasteiger partial charge in [0.15, 0.2) is 0 Å². The van der Waals surface area contributed by atoms with Crippen LogP contribution in [0.25, 0.3) is 66.1 Å². The van der Waals surface area contributed by atoms with Gasteiger partial charge in [0.2, 0.25) is 0 Å². The molecule has 2 aromatic heterocycles. The summed E-state index contributed by atoms with van der Waals surface area (Å²) < 4.78 is 4.87. The quantitative estimate of drug-likeness (QED) is 0.145. The second-order valence-electron chi connectivity index (χ2n) is 14.9. The molecular formula is C55H38N2. The Morgan fingerprint density at radius 1 is 0.281 bits per heavy atom. The average molecular weight is 727 g/mol. The first-order chi connectivity index (χ1) is 28.3. The van der Waals surface area contributed by atoms with Crippen LogP contribution in [0.3, 0.4) is 0 Å². The van der Waals surface area contributed by atoms with Gasteiger partial charge in [-0.1, -0.05) is 182 Å². The SMILES string of the molecule is c1ccc(C(c2ccccc2)(c2ccccc2)c2cccc(-c3ccccc3-n3c4ccccc4c4cc(-n5c6ccccc6c6ccccc65)ccc43)c2)cc1. The van der Waals surface area contributed by atoms with Crippen LogP contribution in [0.1, 0.15) is 22.3 Å². The maximum atomic E-state index is 2.46. The number of hydrogen-bond donors (Lipinski definition) is 0. The van der Waals surface area contributed by atoms with E-state index in [2.05, 4.69) is 240 Å². The van der Waals surface area contributed by atoms with Crippen molar-refractivity contribution in [3.05, 3.63) is 253 Å². The van der Waals surface area contributed by atoms with E-state index in [1.807, 2.05) is 0 Å². The molecule has 0 amide bonds. The van der Waals surface area contributed by atoms with Crippen LogP contribution < -0.4 is 0 Å². The fraction of sp³-hybridized carbons (Fsp3) is 0.0182. The Morgan fingerprint density at radius 3 is 1.30 bits per heavy atom. The summed E-state index contributed by atoms with van der Waals surface area (Å²) in [7, 11) is 0. The molecule has 0 spiro atoms. The van der Waals surface area contributed by atoms with Crippen molar-refractivity contribution in [3.8, 4) is 22.5 Å². The Labute approximate surface area is 332 Å². The Morgan fingerprint density at radius 2 is 0.719 bits per heavy atom. The van der Waals surface area contributed by atoms with Crippen LogP contribution in [0, 0.1) is 0 Å². The molecule has 9 aromatic carbocycles. The van der Waals surface area contributed by atoms with Gasteiger partial charge in [0.05, 0.1) is 33.2 Å². The van der Waals surface area contributed by atoms with E-state index < -0.39 is 5.41 Å². The minimum Gasteiger partial charge on any atom is -0.309 e. The molecule has 0 saturated carbocycles. The van der Waals surface area contributed by atoms with E-state index in [9.17, 15) is 0 Å². The summed E-state index contributed by atoms with van der Waals surface area (Å²) in [5, 5.41) is 4.99. The van der Waals surface area contributed by atoms with E-state index in [0.717, 1.165) is 11.4 Å². The zero-order chi connectivity index (χ0) is 37.8. The molecule has 0 aliphatic rings. The van der Waals surface area contributed by atoms with Crippen LogP contribution in [0.5, 0.6) is 0 Å². The smallest absolute Gasteiger partial charge is 0.0701 e. The van der Waals surface area contributed by atoms with Gasteiger partial charge in [-0.25, -0.2) is 0 Å². The Bertz CT molecular complexity index is 3080. The lowest BCUT2D eigenvalue weighted by atomic mass is 9.65. The molecule has 268 valence electrons. The zero-order valence-electron chi connectivity index (χ0n) is 31.3. The highest BCUT2D eigenvalue weighted by molar-refractivity contribution is 6.12. The molecule has 0 atom stereocenters. The van der Waals surface area contributed by atoms with Crippen molar-refractivity contribution in [1.29, 1.82) is 0 Å². The van der Waals surface area contributed by atoms with Crippen molar-refractivity contribution in [2.24, 2.45) is 0 Å². The van der Waals surface area contributed by atoms with Gasteiger partial charge >= 0.3 is 0 Å². The third kappa shape index (κ3) is 5.11. The number of hydrogen-bond acceptors (Lipinski definition) is 0. The normalized spacial score (nSPS) is 11.9. The van der Waals surface area contributed by atoms with Gasteiger partial charge in [-0.3, -0.25) is 0 Å². The highest BCUT2D eigenvalue weighted by Crippen LogP contribution is 2.47. The van der Waals surface area contributed by atoms with Gasteiger partial charge < -0.3 is 9.13 Å². The lowest BCUT2D eigenvalue weighted by Gasteiger charge is -2.37. The number of rotatable bonds is 7. The largest absolute Gasteiger partial charge is 0.309 e. The molecule has 11 rings (SSSR count). The molecule has 2 heteroatoms. The molecule has 2 heterocycles. The van der Waals surface area contributed by atoms with E-state index in [4.69, 9.17) is 0 Å². The van der Waals surface area contributed by atoms with E-state index in [0.29, 0.717) is 0 Å². The molecular weight excluding hydrogens is 689 g/mol. The van der Waals surface area contributed by atoms with Crippen molar-refractivity contribution >= 4 is 43.6 Å². The van der Waals surface area contributed by atoms with Crippen molar-refractivity contribution in [2.45, 2.75) is 5.41 Å². The van der Waals surface area contributed by atoms with E-state index in [1.165, 1.54) is 77.0 Å². The highest BCUT2D eigenvalue weighted by atomic mass is 15.0. The minimum atomic E-state index is -0.537. The predicted molar refractivity (Wildman–Crippen MR) is 239 cm³/mol. The summed E-state index contributed by atoms with van der Waals surface area (Å²) in [6, 6.07) is 84.2. The maximum Gasteiger partial charge on any atom is 0.0701 e. The Balaban J connectivity index is 1.13. The molecule has 0 unspecified atom stereocenters. The molecule has 2 nitrogen and oxygen atoms in total. The van der Waals surface area contributed by atoms with Gasteiger partial charge in [-0.2, -0.15) is 0 Å². The van der Waals surface area contributed by atoms with Crippen LogP contribution in [0.15, 0.2) is 231 Å². The lowest BCUT2D eigenvalue weighted by Crippen LogP contribution is -2.31. The number of para-hydroxylation sites is 4. The summed E-state index contributed by atoms with van der Waals surface area (Å²) in [5.74, 6) is 0. The molecule has 0 aliphatic heterocycles. The van der Waals surface area contributed by atoms with Crippen molar-refractivity contribution in [1.82, 2.24) is 9.13 Å². The third-order valence-corrected chi connectivity index (χ3v) is 11.9. The Kier molecular flexibility index (Phi) is 7.75. The number of nitrogens with zero attached hydrogens (tertiary/aromatic N) is 2. The van der Waals surface area contributed by atoms with E-state index in [1.54, 1.807) is 0 Å². The molecule has 57 heavy (non-hydrogen) atoms. The molecule has 0 aliphatic carbocycles. The maximum absolute atomic E-state index is 2.46. The first-order valence-electron chi connectivity index (χ1n) is 19.7. The van der Waals surface area contributed by atoms with Crippen molar-refractivity contribution in [2.75, 3.05) is 0 Å². The summed E-state index contributed by atoms with van der Waals surface area (Å²) in [6.07, 6.45) is 0. The molecule has 11 aromatic rings. The van der Waals surface area contributed by atoms with Crippen LogP contribution in [-0.2, 0) is 5.41 Å². The third-order valence-electron chi connectivity index (χ3n) is 11.9. The summed E-state index contributed by atoms with van der Waals surface area (Å²) in [5.41, 5.74) is 13.8. The summed E-state index contributed by atoms with van der Waals surface area (Å²) >= 11 is 0. The van der Waals surface area contributed by atoms with Gasteiger partial charge in [0.1, 0.15) is 0 Å². The van der Waals surface area contributed by atoms with Crippen LogP contribution >= 0.6 is 0 Å². The Hall–Kier alpha value is -7.42. The topological polar surface area (TPSA) is 9.86 Å². The van der Waals surface area contributed by atoms with Crippen molar-refractivity contribution < 1.29 is 0 Å². The van der Waals surface area contributed by atoms with E-state index >= 15 is 0 Å². The van der Waals surface area contributed by atoms with Gasteiger partial charge in [0.25, 0.3) is 0 Å². The summed E-state index contributed by atoms with van der Waals surface area (Å²) in [4.78, 5) is 0. The standard InChI is InChI=1S/C55H38N2/c1-4-20-40(21-5-1)55(41-22-6-2-7-23-41,42-24-8-3-9-25-42)43-26-18-19-39(37-43)45-27-10-14-31-50(45)57-53-34-17-13-30-48(53)49-38-44(35-36-54(49)57)56-51-32-15-11-28-46(51)47-29-12-16-33-52(47)56/h1-38H. The summed E-state index contributed by atoms with van der Waals surface area (Å²) in [6.45, 7) is 0. The predicted octanol–water partition coefficient (Wildman–Crippen LogP) is 13.9. The molecule has 0 saturated heterocycles. The first kappa shape index (κ1) is 33.0. The number of fused-ring (bicyclic) bond motifs is 6. The molecule has 0 bridgehead atoms. The van der Waals surface area contributed by atoms with Crippen LogP contribution in [0.4, 0.5) is 0 Å². The molecule has 0 N–H and O–H groups in total. The minimum absolute atomic E-state index is 0.537. The number of benzene rings is 9. The lowest BCUT2D eigenvalue weighted by molar-refractivity contribution is 0.745. The molecule has 0 fully saturated rings. The second-order valence-corrected chi connectivity index (χ2v) is 14.9. The number of aromatic nitrogens is 2. The van der Waals surface area contributed by atoms with E-state index in [-0.39, 0.29) is 0 Å². The van der Waals surface area contributed by atoms with Crippen LogP contribution in [0.2, 0.25) is 0 Å². The van der Waals surface area contributed by atoms with Gasteiger partial charge in [0, 0.05) is 32.8 Å². The second kappa shape index (κ2) is 13.4. The van der Waals surface area contributed by atoms with Crippen LogP contribution in [-0.4, -0.2) is 9.13 Å². The monoisotopic (exact) mass is 726 g/mol. The van der Waals surface area contributed by atoms with Gasteiger partial charge in [-0.15, -0.1) is 0 Å². The average Bonchev–Trinajstić information content (AvgIpc) is 3.80. The first-order valence-corrected chi connectivity index (χ1v) is 19.7. The fourth-order valence-corrected chi connectivity index (χ4v) is 9.46. The van der Waals surface area contributed by atoms with Crippen molar-refractivity contribution in [3.63, 3.8) is 0 Å². The fourth-order valence-electron chi connectivity index (χ4n) is 9.46. The zero-order valence-corrected chi connectivity index (χ0v) is 31.3.